The number of ether oxygens (including phenoxy) is 1. The van der Waals surface area contributed by atoms with Gasteiger partial charge in [-0.2, -0.15) is 5.10 Å². The van der Waals surface area contributed by atoms with Crippen LogP contribution in [0.3, 0.4) is 0 Å². The van der Waals surface area contributed by atoms with E-state index in [1.807, 2.05) is 80.6 Å². The zero-order valence-corrected chi connectivity index (χ0v) is 17.8. The van der Waals surface area contributed by atoms with Gasteiger partial charge in [0.1, 0.15) is 11.4 Å². The van der Waals surface area contributed by atoms with Gasteiger partial charge in [-0.25, -0.2) is 4.68 Å². The number of rotatable bonds is 6. The van der Waals surface area contributed by atoms with Crippen LogP contribution < -0.4 is 10.1 Å². The monoisotopic (exact) mass is 412 g/mol. The zero-order valence-electron chi connectivity index (χ0n) is 17.8. The summed E-state index contributed by atoms with van der Waals surface area (Å²) in [6, 6.07) is 21.2. The van der Waals surface area contributed by atoms with Crippen molar-refractivity contribution in [3.63, 3.8) is 0 Å². The third kappa shape index (κ3) is 4.48. The number of hydrogen-bond acceptors (Lipinski definition) is 4. The second-order valence-electron chi connectivity index (χ2n) is 7.35. The lowest BCUT2D eigenvalue weighted by atomic mass is 10.1. The Kier molecular flexibility index (Phi) is 5.80. The Bertz CT molecular complexity index is 1200. The molecule has 2 aromatic heterocycles. The fourth-order valence-electron chi connectivity index (χ4n) is 3.34. The van der Waals surface area contributed by atoms with Crippen LogP contribution in [-0.2, 0) is 6.54 Å². The first-order chi connectivity index (χ1) is 15.0. The van der Waals surface area contributed by atoms with Crippen molar-refractivity contribution in [2.75, 3.05) is 7.11 Å². The van der Waals surface area contributed by atoms with Gasteiger partial charge in [0.05, 0.1) is 30.7 Å². The molecule has 4 rings (SSSR count). The number of pyridine rings is 1. The van der Waals surface area contributed by atoms with Crippen molar-refractivity contribution in [3.05, 3.63) is 95.4 Å². The maximum Gasteiger partial charge on any atom is 0.270 e. The molecule has 4 aromatic rings. The highest BCUT2D eigenvalue weighted by Crippen LogP contribution is 2.25. The van der Waals surface area contributed by atoms with Crippen molar-refractivity contribution < 1.29 is 9.53 Å². The molecule has 2 aromatic carbocycles. The van der Waals surface area contributed by atoms with Crippen LogP contribution in [0.4, 0.5) is 0 Å². The molecule has 0 aliphatic heterocycles. The molecule has 156 valence electrons. The molecule has 0 saturated carbocycles. The molecule has 0 aliphatic rings. The first-order valence-corrected chi connectivity index (χ1v) is 10.1. The summed E-state index contributed by atoms with van der Waals surface area (Å²) in [7, 11) is 1.63. The Morgan fingerprint density at radius 3 is 2.55 bits per heavy atom. The van der Waals surface area contributed by atoms with E-state index in [4.69, 9.17) is 9.84 Å². The minimum absolute atomic E-state index is 0.209. The van der Waals surface area contributed by atoms with E-state index >= 15 is 0 Å². The van der Waals surface area contributed by atoms with Gasteiger partial charge in [0.15, 0.2) is 0 Å². The Labute approximate surface area is 181 Å². The summed E-state index contributed by atoms with van der Waals surface area (Å²) in [5.74, 6) is 0.560. The summed E-state index contributed by atoms with van der Waals surface area (Å²) in [5, 5.41) is 7.74. The van der Waals surface area contributed by atoms with Gasteiger partial charge in [0.2, 0.25) is 0 Å². The van der Waals surface area contributed by atoms with Gasteiger partial charge in [-0.15, -0.1) is 0 Å². The van der Waals surface area contributed by atoms with Crippen LogP contribution in [-0.4, -0.2) is 27.8 Å². The minimum Gasteiger partial charge on any atom is -0.497 e. The minimum atomic E-state index is -0.209. The number of carbonyl (C=O) groups is 1. The number of aryl methyl sites for hydroxylation is 2. The molecule has 0 fully saturated rings. The van der Waals surface area contributed by atoms with E-state index in [2.05, 4.69) is 10.3 Å². The van der Waals surface area contributed by atoms with E-state index in [1.165, 1.54) is 0 Å². The molecular formula is C25H24N4O2. The second kappa shape index (κ2) is 8.83. The van der Waals surface area contributed by atoms with Crippen molar-refractivity contribution in [1.29, 1.82) is 0 Å². The van der Waals surface area contributed by atoms with Gasteiger partial charge in [-0.1, -0.05) is 18.2 Å². The number of carbonyl (C=O) groups excluding carboxylic acids is 1. The van der Waals surface area contributed by atoms with Crippen molar-refractivity contribution in [2.45, 2.75) is 20.4 Å². The Balaban J connectivity index is 1.73. The molecule has 2 heterocycles. The molecule has 6 nitrogen and oxygen atoms in total. The normalized spacial score (nSPS) is 10.7. The third-order valence-electron chi connectivity index (χ3n) is 5.08. The van der Waals surface area contributed by atoms with Gasteiger partial charge in [0.25, 0.3) is 5.91 Å². The molecule has 1 amide bonds. The van der Waals surface area contributed by atoms with E-state index in [0.717, 1.165) is 33.8 Å². The third-order valence-corrected chi connectivity index (χ3v) is 5.08. The Hall–Kier alpha value is -3.93. The largest absolute Gasteiger partial charge is 0.497 e. The highest BCUT2D eigenvalue weighted by atomic mass is 16.5. The number of hydrogen-bond donors (Lipinski definition) is 1. The van der Waals surface area contributed by atoms with E-state index in [9.17, 15) is 4.79 Å². The van der Waals surface area contributed by atoms with Crippen molar-refractivity contribution in [2.24, 2.45) is 0 Å². The second-order valence-corrected chi connectivity index (χ2v) is 7.35. The maximum absolute atomic E-state index is 13.1. The lowest BCUT2D eigenvalue weighted by molar-refractivity contribution is 0.0942. The first kappa shape index (κ1) is 20.3. The number of aromatic nitrogens is 3. The molecule has 0 bridgehead atoms. The average molecular weight is 412 g/mol. The summed E-state index contributed by atoms with van der Waals surface area (Å²) in [5.41, 5.74) is 5.90. The summed E-state index contributed by atoms with van der Waals surface area (Å²) in [6.45, 7) is 4.38. The molecule has 0 aliphatic carbocycles. The lowest BCUT2D eigenvalue weighted by Crippen LogP contribution is -2.26. The number of amides is 1. The van der Waals surface area contributed by atoms with Crippen LogP contribution in [0.25, 0.3) is 16.9 Å². The molecule has 0 unspecified atom stereocenters. The smallest absolute Gasteiger partial charge is 0.270 e. The maximum atomic E-state index is 13.1. The van der Waals surface area contributed by atoms with Gasteiger partial charge >= 0.3 is 0 Å². The SMILES string of the molecule is COc1ccc(-c2cc(C(=O)NCc3ccccn3)n(-c3cc(C)ccc3C)n2)cc1. The summed E-state index contributed by atoms with van der Waals surface area (Å²) < 4.78 is 6.97. The van der Waals surface area contributed by atoms with Crippen LogP contribution in [0.2, 0.25) is 0 Å². The molecule has 6 heteroatoms. The van der Waals surface area contributed by atoms with Gasteiger partial charge in [0, 0.05) is 11.8 Å². The fraction of sp³-hybridized carbons (Fsp3) is 0.160. The summed E-state index contributed by atoms with van der Waals surface area (Å²) in [4.78, 5) is 17.4. The predicted octanol–water partition coefficient (Wildman–Crippen LogP) is 4.49. The number of nitrogens with one attached hydrogen (secondary N) is 1. The highest BCUT2D eigenvalue weighted by Gasteiger charge is 2.19. The fourth-order valence-corrected chi connectivity index (χ4v) is 3.34. The van der Waals surface area contributed by atoms with E-state index in [1.54, 1.807) is 18.0 Å². The average Bonchev–Trinajstić information content (AvgIpc) is 3.25. The number of methoxy groups -OCH3 is 1. The van der Waals surface area contributed by atoms with Crippen LogP contribution >= 0.6 is 0 Å². The Morgan fingerprint density at radius 2 is 1.84 bits per heavy atom. The van der Waals surface area contributed by atoms with Crippen molar-refractivity contribution in [1.82, 2.24) is 20.1 Å². The zero-order chi connectivity index (χ0) is 21.8. The predicted molar refractivity (Wildman–Crippen MR) is 120 cm³/mol. The number of benzene rings is 2. The molecule has 0 radical (unpaired) electrons. The summed E-state index contributed by atoms with van der Waals surface area (Å²) in [6.07, 6.45) is 1.71. The molecular weight excluding hydrogens is 388 g/mol. The van der Waals surface area contributed by atoms with Crippen LogP contribution in [0.15, 0.2) is 72.9 Å². The molecule has 0 spiro atoms. The molecule has 31 heavy (non-hydrogen) atoms. The van der Waals surface area contributed by atoms with E-state index in [0.29, 0.717) is 17.9 Å². The Morgan fingerprint density at radius 1 is 1.03 bits per heavy atom. The van der Waals surface area contributed by atoms with Crippen molar-refractivity contribution in [3.8, 4) is 22.7 Å². The van der Waals surface area contributed by atoms with Crippen LogP contribution in [0.5, 0.6) is 5.75 Å². The van der Waals surface area contributed by atoms with Crippen LogP contribution in [0.1, 0.15) is 27.3 Å². The van der Waals surface area contributed by atoms with Gasteiger partial charge in [-0.05, 0) is 73.5 Å². The van der Waals surface area contributed by atoms with E-state index < -0.39 is 0 Å². The summed E-state index contributed by atoms with van der Waals surface area (Å²) >= 11 is 0. The van der Waals surface area contributed by atoms with Gasteiger partial charge in [-0.3, -0.25) is 9.78 Å². The quantitative estimate of drug-likeness (QED) is 0.507. The number of nitrogens with zero attached hydrogens (tertiary/aromatic N) is 3. The van der Waals surface area contributed by atoms with Gasteiger partial charge < -0.3 is 10.1 Å². The van der Waals surface area contributed by atoms with Crippen LogP contribution in [0, 0.1) is 13.8 Å². The molecule has 1 N–H and O–H groups in total. The topological polar surface area (TPSA) is 69.0 Å². The molecule has 0 saturated heterocycles. The van der Waals surface area contributed by atoms with Crippen molar-refractivity contribution >= 4 is 5.91 Å². The highest BCUT2D eigenvalue weighted by molar-refractivity contribution is 5.94. The first-order valence-electron chi connectivity index (χ1n) is 10.1. The lowest BCUT2D eigenvalue weighted by Gasteiger charge is -2.11. The standard InChI is InChI=1S/C25H24N4O2/c1-17-7-8-18(2)23(14-17)29-24(25(30)27-16-20-6-4-5-13-26-20)15-22(28-29)19-9-11-21(31-3)12-10-19/h4-15H,16H2,1-3H3,(H,27,30). The van der Waals surface area contributed by atoms with E-state index in [-0.39, 0.29) is 5.91 Å². The molecule has 0 atom stereocenters.